The van der Waals surface area contributed by atoms with Gasteiger partial charge in [0.05, 0.1) is 16.9 Å². The summed E-state index contributed by atoms with van der Waals surface area (Å²) in [6, 6.07) is 17.5. The molecule has 5 nitrogen and oxygen atoms in total. The van der Waals surface area contributed by atoms with Crippen LogP contribution in [0, 0.1) is 10.1 Å². The van der Waals surface area contributed by atoms with Crippen molar-refractivity contribution in [3.05, 3.63) is 76.3 Å². The molecule has 0 atom stereocenters. The highest BCUT2D eigenvalue weighted by atomic mass is 16.6. The number of hydrogen-bond donors (Lipinski definition) is 1. The second kappa shape index (κ2) is 5.88. The monoisotopic (exact) mass is 307 g/mol. The third kappa shape index (κ3) is 2.89. The molecule has 3 rings (SSSR count). The summed E-state index contributed by atoms with van der Waals surface area (Å²) in [4.78, 5) is 21.9. The minimum Gasteiger partial charge on any atom is -0.481 e. The Morgan fingerprint density at radius 1 is 1.04 bits per heavy atom. The van der Waals surface area contributed by atoms with Gasteiger partial charge in [-0.3, -0.25) is 14.9 Å². The van der Waals surface area contributed by atoms with E-state index in [1.54, 1.807) is 24.3 Å². The van der Waals surface area contributed by atoms with E-state index in [1.165, 1.54) is 6.07 Å². The number of hydrogen-bond acceptors (Lipinski definition) is 3. The number of benzene rings is 3. The van der Waals surface area contributed by atoms with Crippen molar-refractivity contribution in [2.75, 3.05) is 0 Å². The van der Waals surface area contributed by atoms with E-state index in [0.717, 1.165) is 10.8 Å². The Morgan fingerprint density at radius 2 is 1.74 bits per heavy atom. The zero-order chi connectivity index (χ0) is 16.4. The number of nitro benzene ring substituents is 1. The fourth-order valence-electron chi connectivity index (χ4n) is 2.73. The minimum absolute atomic E-state index is 0.00376. The average Bonchev–Trinajstić information content (AvgIpc) is 2.54. The van der Waals surface area contributed by atoms with Gasteiger partial charge in [-0.2, -0.15) is 0 Å². The Hall–Kier alpha value is -3.21. The maximum Gasteiger partial charge on any atom is 0.307 e. The molecule has 0 radical (unpaired) electrons. The van der Waals surface area contributed by atoms with Crippen molar-refractivity contribution in [3.63, 3.8) is 0 Å². The van der Waals surface area contributed by atoms with Crippen molar-refractivity contribution in [2.24, 2.45) is 0 Å². The smallest absolute Gasteiger partial charge is 0.307 e. The van der Waals surface area contributed by atoms with Gasteiger partial charge in [-0.25, -0.2) is 0 Å². The summed E-state index contributed by atoms with van der Waals surface area (Å²) in [5.41, 5.74) is 1.77. The van der Waals surface area contributed by atoms with Gasteiger partial charge in [-0.15, -0.1) is 0 Å². The Bertz CT molecular complexity index is 918. The highest BCUT2D eigenvalue weighted by Crippen LogP contribution is 2.33. The molecule has 0 heterocycles. The first kappa shape index (κ1) is 14.7. The fourth-order valence-corrected chi connectivity index (χ4v) is 2.73. The van der Waals surface area contributed by atoms with Gasteiger partial charge < -0.3 is 5.11 Å². The Balaban J connectivity index is 2.27. The topological polar surface area (TPSA) is 80.4 Å². The molecular formula is C18H13NO4. The number of carboxylic acids is 1. The van der Waals surface area contributed by atoms with Crippen molar-refractivity contribution in [2.45, 2.75) is 6.42 Å². The summed E-state index contributed by atoms with van der Waals surface area (Å²) in [7, 11) is 0. The number of rotatable bonds is 4. The van der Waals surface area contributed by atoms with E-state index in [1.807, 2.05) is 30.3 Å². The highest BCUT2D eigenvalue weighted by molar-refractivity contribution is 5.93. The largest absolute Gasteiger partial charge is 0.481 e. The summed E-state index contributed by atoms with van der Waals surface area (Å²) >= 11 is 0. The van der Waals surface area contributed by atoms with Crippen molar-refractivity contribution in [3.8, 4) is 11.1 Å². The molecule has 114 valence electrons. The molecule has 0 amide bonds. The number of nitro groups is 1. The molecule has 3 aromatic carbocycles. The molecule has 0 aliphatic carbocycles. The van der Waals surface area contributed by atoms with Gasteiger partial charge >= 0.3 is 5.97 Å². The number of nitrogens with zero attached hydrogens (tertiary/aromatic N) is 1. The minimum atomic E-state index is -0.935. The molecule has 0 saturated heterocycles. The molecule has 0 aromatic heterocycles. The van der Waals surface area contributed by atoms with Crippen LogP contribution in [0.5, 0.6) is 0 Å². The summed E-state index contributed by atoms with van der Waals surface area (Å²) < 4.78 is 0. The summed E-state index contributed by atoms with van der Waals surface area (Å²) in [6.07, 6.45) is -0.130. The normalized spacial score (nSPS) is 10.6. The number of aliphatic carboxylic acids is 1. The highest BCUT2D eigenvalue weighted by Gasteiger charge is 2.16. The van der Waals surface area contributed by atoms with Crippen LogP contribution in [0.1, 0.15) is 5.56 Å². The Kier molecular flexibility index (Phi) is 3.76. The zero-order valence-electron chi connectivity index (χ0n) is 12.1. The molecule has 0 fully saturated rings. The molecule has 0 saturated carbocycles. The van der Waals surface area contributed by atoms with Gasteiger partial charge in [0.1, 0.15) is 0 Å². The number of para-hydroxylation sites is 1. The van der Waals surface area contributed by atoms with E-state index in [9.17, 15) is 14.9 Å². The van der Waals surface area contributed by atoms with E-state index in [0.29, 0.717) is 16.7 Å². The number of carboxylic acid groups (broad SMARTS) is 1. The Labute approximate surface area is 132 Å². The molecular weight excluding hydrogens is 294 g/mol. The lowest BCUT2D eigenvalue weighted by molar-refractivity contribution is -0.384. The van der Waals surface area contributed by atoms with Crippen LogP contribution >= 0.6 is 0 Å². The molecule has 0 bridgehead atoms. The third-order valence-corrected chi connectivity index (χ3v) is 3.70. The van der Waals surface area contributed by atoms with Crippen LogP contribution in [-0.2, 0) is 11.2 Å². The quantitative estimate of drug-likeness (QED) is 0.582. The molecule has 5 heteroatoms. The first-order chi connectivity index (χ1) is 11.1. The lowest BCUT2D eigenvalue weighted by Gasteiger charge is -2.10. The van der Waals surface area contributed by atoms with Crippen molar-refractivity contribution < 1.29 is 14.8 Å². The Morgan fingerprint density at radius 3 is 2.48 bits per heavy atom. The molecule has 3 aromatic rings. The lowest BCUT2D eigenvalue weighted by atomic mass is 9.94. The van der Waals surface area contributed by atoms with E-state index >= 15 is 0 Å². The van der Waals surface area contributed by atoms with Gasteiger partial charge in [0, 0.05) is 6.07 Å². The van der Waals surface area contributed by atoms with Crippen molar-refractivity contribution >= 4 is 22.4 Å². The average molecular weight is 307 g/mol. The molecule has 0 aliphatic heterocycles. The summed E-state index contributed by atoms with van der Waals surface area (Å²) in [6.45, 7) is 0. The summed E-state index contributed by atoms with van der Waals surface area (Å²) in [5, 5.41) is 22.1. The molecule has 0 spiro atoms. The molecule has 23 heavy (non-hydrogen) atoms. The first-order valence-electron chi connectivity index (χ1n) is 7.03. The SMILES string of the molecule is O=C(O)Cc1cc(-c2ccccc2[N+](=O)[O-])cc2ccccc12. The molecule has 0 aliphatic rings. The predicted molar refractivity (Wildman–Crippen MR) is 87.4 cm³/mol. The van der Waals surface area contributed by atoms with Crippen LogP contribution in [0.2, 0.25) is 0 Å². The zero-order valence-corrected chi connectivity index (χ0v) is 12.1. The second-order valence-electron chi connectivity index (χ2n) is 5.20. The second-order valence-corrected chi connectivity index (χ2v) is 5.20. The van der Waals surface area contributed by atoms with Crippen LogP contribution in [0.15, 0.2) is 60.7 Å². The first-order valence-corrected chi connectivity index (χ1v) is 7.03. The molecule has 0 unspecified atom stereocenters. The predicted octanol–water partition coefficient (Wildman–Crippen LogP) is 4.04. The van der Waals surface area contributed by atoms with E-state index in [-0.39, 0.29) is 12.1 Å². The van der Waals surface area contributed by atoms with Crippen molar-refractivity contribution in [1.82, 2.24) is 0 Å². The number of carbonyl (C=O) groups is 1. The van der Waals surface area contributed by atoms with Crippen LogP contribution in [-0.4, -0.2) is 16.0 Å². The van der Waals surface area contributed by atoms with Crippen LogP contribution in [0.25, 0.3) is 21.9 Å². The van der Waals surface area contributed by atoms with Gasteiger partial charge in [0.2, 0.25) is 0 Å². The van der Waals surface area contributed by atoms with Gasteiger partial charge in [-0.05, 0) is 40.1 Å². The van der Waals surface area contributed by atoms with E-state index in [2.05, 4.69) is 0 Å². The maximum absolute atomic E-state index is 11.2. The van der Waals surface area contributed by atoms with Crippen LogP contribution < -0.4 is 0 Å². The lowest BCUT2D eigenvalue weighted by Crippen LogP contribution is -2.01. The third-order valence-electron chi connectivity index (χ3n) is 3.70. The van der Waals surface area contributed by atoms with Crippen LogP contribution in [0.4, 0.5) is 5.69 Å². The van der Waals surface area contributed by atoms with Gasteiger partial charge in [0.15, 0.2) is 0 Å². The maximum atomic E-state index is 11.2. The van der Waals surface area contributed by atoms with Gasteiger partial charge in [0.25, 0.3) is 5.69 Å². The van der Waals surface area contributed by atoms with Gasteiger partial charge in [-0.1, -0.05) is 36.4 Å². The standard InChI is InChI=1S/C18H13NO4/c20-18(21)11-14-10-13(9-12-5-1-2-6-15(12)14)16-7-3-4-8-17(16)19(22)23/h1-10H,11H2,(H,20,21). The van der Waals surface area contributed by atoms with Crippen molar-refractivity contribution in [1.29, 1.82) is 0 Å². The number of fused-ring (bicyclic) bond motifs is 1. The van der Waals surface area contributed by atoms with E-state index in [4.69, 9.17) is 5.11 Å². The molecule has 1 N–H and O–H groups in total. The fraction of sp³-hybridized carbons (Fsp3) is 0.0556. The van der Waals surface area contributed by atoms with Crippen LogP contribution in [0.3, 0.4) is 0 Å². The van der Waals surface area contributed by atoms with E-state index < -0.39 is 10.9 Å². The summed E-state index contributed by atoms with van der Waals surface area (Å²) in [5.74, 6) is -0.935.